The molecule has 2 saturated heterocycles. The Bertz CT molecular complexity index is 303. The maximum absolute atomic E-state index is 12.6. The first kappa shape index (κ1) is 14.8. The lowest BCUT2D eigenvalue weighted by molar-refractivity contribution is -0.140. The van der Waals surface area contributed by atoms with Crippen molar-refractivity contribution in [3.63, 3.8) is 0 Å². The fourth-order valence-corrected chi connectivity index (χ4v) is 3.54. The van der Waals surface area contributed by atoms with Gasteiger partial charge in [0.25, 0.3) is 0 Å². The Labute approximate surface area is 116 Å². The molecule has 3 unspecified atom stereocenters. The van der Waals surface area contributed by atoms with Crippen molar-refractivity contribution < 1.29 is 9.90 Å². The lowest BCUT2D eigenvalue weighted by atomic mass is 9.91. The third-order valence-electron chi connectivity index (χ3n) is 4.58. The molecule has 4 nitrogen and oxygen atoms in total. The van der Waals surface area contributed by atoms with Crippen LogP contribution in [0.2, 0.25) is 0 Å². The Hall–Kier alpha value is -0.610. The molecule has 110 valence electrons. The highest BCUT2D eigenvalue weighted by Crippen LogP contribution is 2.23. The van der Waals surface area contributed by atoms with Gasteiger partial charge in [-0.25, -0.2) is 0 Å². The van der Waals surface area contributed by atoms with Gasteiger partial charge in [-0.05, 0) is 38.0 Å². The van der Waals surface area contributed by atoms with Crippen molar-refractivity contribution in [1.29, 1.82) is 0 Å². The number of carbonyl (C=O) groups is 1. The van der Waals surface area contributed by atoms with Crippen LogP contribution in [0.15, 0.2) is 0 Å². The van der Waals surface area contributed by atoms with Crippen LogP contribution < -0.4 is 0 Å². The quantitative estimate of drug-likeness (QED) is 0.822. The van der Waals surface area contributed by atoms with E-state index in [0.717, 1.165) is 39.0 Å². The van der Waals surface area contributed by atoms with Gasteiger partial charge >= 0.3 is 0 Å². The van der Waals surface area contributed by atoms with Crippen LogP contribution in [0.5, 0.6) is 0 Å². The normalized spacial score (nSPS) is 32.3. The Morgan fingerprint density at radius 1 is 1.16 bits per heavy atom. The van der Waals surface area contributed by atoms with E-state index in [-0.39, 0.29) is 18.1 Å². The van der Waals surface area contributed by atoms with Gasteiger partial charge in [0, 0.05) is 26.2 Å². The highest BCUT2D eigenvalue weighted by molar-refractivity contribution is 5.81. The summed E-state index contributed by atoms with van der Waals surface area (Å²) >= 11 is 0. The molecule has 1 N–H and O–H groups in total. The van der Waals surface area contributed by atoms with Gasteiger partial charge in [0.15, 0.2) is 0 Å². The second-order valence-corrected chi connectivity index (χ2v) is 6.63. The number of hydrogen-bond acceptors (Lipinski definition) is 3. The standard InChI is InChI=1S/C15H28N2O2/c1-11-8-12(2)10-17(9-11)15(19)13(3)16-6-4-14(18)5-7-16/h11-14,18H,4-10H2,1-3H3. The van der Waals surface area contributed by atoms with E-state index in [1.54, 1.807) is 0 Å². The van der Waals surface area contributed by atoms with Crippen molar-refractivity contribution in [2.45, 2.75) is 52.2 Å². The van der Waals surface area contributed by atoms with Gasteiger partial charge in [-0.2, -0.15) is 0 Å². The number of piperidine rings is 2. The van der Waals surface area contributed by atoms with E-state index in [1.807, 2.05) is 6.92 Å². The lowest BCUT2D eigenvalue weighted by Crippen LogP contribution is -2.53. The summed E-state index contributed by atoms with van der Waals surface area (Å²) in [6, 6.07) is -0.0370. The number of aliphatic hydroxyl groups excluding tert-OH is 1. The summed E-state index contributed by atoms with van der Waals surface area (Å²) in [5.41, 5.74) is 0. The molecule has 2 aliphatic rings. The van der Waals surface area contributed by atoms with Crippen molar-refractivity contribution in [2.24, 2.45) is 11.8 Å². The molecule has 2 rings (SSSR count). The first-order valence-electron chi connectivity index (χ1n) is 7.68. The van der Waals surface area contributed by atoms with Crippen LogP contribution in [0.1, 0.15) is 40.0 Å². The van der Waals surface area contributed by atoms with E-state index in [2.05, 4.69) is 23.6 Å². The summed E-state index contributed by atoms with van der Waals surface area (Å²) in [6.45, 7) is 9.98. The minimum atomic E-state index is -0.173. The molecule has 1 amide bonds. The highest BCUT2D eigenvalue weighted by Gasteiger charge is 2.32. The lowest BCUT2D eigenvalue weighted by Gasteiger charge is -2.40. The summed E-state index contributed by atoms with van der Waals surface area (Å²) in [5.74, 6) is 1.50. The predicted octanol–water partition coefficient (Wildman–Crippen LogP) is 1.34. The molecule has 2 aliphatic heterocycles. The molecular weight excluding hydrogens is 240 g/mol. The van der Waals surface area contributed by atoms with Crippen molar-refractivity contribution in [3.05, 3.63) is 0 Å². The molecule has 19 heavy (non-hydrogen) atoms. The molecule has 2 heterocycles. The molecule has 3 atom stereocenters. The van der Waals surface area contributed by atoms with Gasteiger partial charge in [0.2, 0.25) is 5.91 Å². The first-order chi connectivity index (χ1) is 8.97. The maximum atomic E-state index is 12.6. The summed E-state index contributed by atoms with van der Waals surface area (Å²) in [7, 11) is 0. The Balaban J connectivity index is 1.91. The molecule has 0 saturated carbocycles. The van der Waals surface area contributed by atoms with Crippen LogP contribution in [0.25, 0.3) is 0 Å². The molecule has 2 fully saturated rings. The van der Waals surface area contributed by atoms with Gasteiger partial charge in [-0.1, -0.05) is 13.8 Å². The van der Waals surface area contributed by atoms with Crippen molar-refractivity contribution in [2.75, 3.05) is 26.2 Å². The van der Waals surface area contributed by atoms with E-state index in [9.17, 15) is 9.90 Å². The Morgan fingerprint density at radius 2 is 1.68 bits per heavy atom. The zero-order valence-corrected chi connectivity index (χ0v) is 12.5. The molecule has 0 radical (unpaired) electrons. The zero-order chi connectivity index (χ0) is 14.0. The van der Waals surface area contributed by atoms with E-state index in [0.29, 0.717) is 11.8 Å². The maximum Gasteiger partial charge on any atom is 0.239 e. The number of rotatable bonds is 2. The molecule has 0 spiro atoms. The minimum absolute atomic E-state index is 0.0370. The van der Waals surface area contributed by atoms with Crippen LogP contribution in [-0.4, -0.2) is 59.1 Å². The monoisotopic (exact) mass is 268 g/mol. The zero-order valence-electron chi connectivity index (χ0n) is 12.5. The predicted molar refractivity (Wildman–Crippen MR) is 75.8 cm³/mol. The molecule has 0 aromatic heterocycles. The third kappa shape index (κ3) is 3.69. The van der Waals surface area contributed by atoms with Crippen LogP contribution >= 0.6 is 0 Å². The number of likely N-dealkylation sites (tertiary alicyclic amines) is 2. The van der Waals surface area contributed by atoms with E-state index in [1.165, 1.54) is 6.42 Å². The number of amides is 1. The third-order valence-corrected chi connectivity index (χ3v) is 4.58. The summed E-state index contributed by atoms with van der Waals surface area (Å²) in [6.07, 6.45) is 2.65. The SMILES string of the molecule is CC1CC(C)CN(C(=O)C(C)N2CCC(O)CC2)C1. The Morgan fingerprint density at radius 3 is 2.21 bits per heavy atom. The second kappa shape index (κ2) is 6.23. The van der Waals surface area contributed by atoms with Gasteiger partial charge in [-0.3, -0.25) is 9.69 Å². The fraction of sp³-hybridized carbons (Fsp3) is 0.933. The van der Waals surface area contributed by atoms with Gasteiger partial charge in [-0.15, -0.1) is 0 Å². The largest absolute Gasteiger partial charge is 0.393 e. The smallest absolute Gasteiger partial charge is 0.239 e. The van der Waals surface area contributed by atoms with Gasteiger partial charge in [0.1, 0.15) is 0 Å². The summed E-state index contributed by atoms with van der Waals surface area (Å²) in [5, 5.41) is 9.54. The molecular formula is C15H28N2O2. The highest BCUT2D eigenvalue weighted by atomic mass is 16.3. The van der Waals surface area contributed by atoms with Crippen LogP contribution in [0.3, 0.4) is 0 Å². The summed E-state index contributed by atoms with van der Waals surface area (Å²) < 4.78 is 0. The van der Waals surface area contributed by atoms with Crippen molar-refractivity contribution in [3.8, 4) is 0 Å². The van der Waals surface area contributed by atoms with Crippen LogP contribution in [0, 0.1) is 11.8 Å². The second-order valence-electron chi connectivity index (χ2n) is 6.63. The molecule has 4 heteroatoms. The van der Waals surface area contributed by atoms with Crippen molar-refractivity contribution in [1.82, 2.24) is 9.80 Å². The molecule has 0 aromatic rings. The van der Waals surface area contributed by atoms with Gasteiger partial charge < -0.3 is 10.0 Å². The Kier molecular flexibility index (Phi) is 4.85. The average molecular weight is 268 g/mol. The number of carbonyl (C=O) groups excluding carboxylic acids is 1. The van der Waals surface area contributed by atoms with E-state index >= 15 is 0 Å². The minimum Gasteiger partial charge on any atom is -0.393 e. The average Bonchev–Trinajstić information content (AvgIpc) is 2.37. The topological polar surface area (TPSA) is 43.8 Å². The first-order valence-corrected chi connectivity index (χ1v) is 7.68. The van der Waals surface area contributed by atoms with Gasteiger partial charge in [0.05, 0.1) is 12.1 Å². The fourth-order valence-electron chi connectivity index (χ4n) is 3.54. The number of hydrogen-bond donors (Lipinski definition) is 1. The number of nitrogens with zero attached hydrogens (tertiary/aromatic N) is 2. The van der Waals surface area contributed by atoms with Crippen LogP contribution in [-0.2, 0) is 4.79 Å². The molecule has 0 bridgehead atoms. The number of aliphatic hydroxyl groups is 1. The molecule has 0 aliphatic carbocycles. The van der Waals surface area contributed by atoms with E-state index in [4.69, 9.17) is 0 Å². The van der Waals surface area contributed by atoms with E-state index < -0.39 is 0 Å². The van der Waals surface area contributed by atoms with Crippen LogP contribution in [0.4, 0.5) is 0 Å². The summed E-state index contributed by atoms with van der Waals surface area (Å²) in [4.78, 5) is 16.9. The van der Waals surface area contributed by atoms with Crippen molar-refractivity contribution >= 4 is 5.91 Å². The molecule has 0 aromatic carbocycles.